The molecule has 2 amide bonds. The molecule has 0 aliphatic heterocycles. The van der Waals surface area contributed by atoms with Crippen LogP contribution in [-0.2, 0) is 9.59 Å². The Morgan fingerprint density at radius 3 is 1.50 bits per heavy atom. The van der Waals surface area contributed by atoms with E-state index in [0.717, 1.165) is 0 Å². The van der Waals surface area contributed by atoms with Crippen LogP contribution in [0.1, 0.15) is 11.1 Å². The van der Waals surface area contributed by atoms with E-state index in [0.29, 0.717) is 21.2 Å². The quantitative estimate of drug-likeness (QED) is 0.497. The van der Waals surface area contributed by atoms with Gasteiger partial charge in [0.2, 0.25) is 0 Å². The van der Waals surface area contributed by atoms with Crippen LogP contribution in [0.3, 0.4) is 0 Å². The lowest BCUT2D eigenvalue weighted by Crippen LogP contribution is -2.35. The summed E-state index contributed by atoms with van der Waals surface area (Å²) in [4.78, 5) is 23.1. The Morgan fingerprint density at radius 2 is 1.12 bits per heavy atom. The van der Waals surface area contributed by atoms with Gasteiger partial charge in [-0.05, 0) is 12.1 Å². The third-order valence-electron chi connectivity index (χ3n) is 2.76. The number of hydrogen-bond donors (Lipinski definition) is 2. The van der Waals surface area contributed by atoms with Crippen LogP contribution in [0.4, 0.5) is 0 Å². The molecule has 2 rings (SSSR count). The van der Waals surface area contributed by atoms with Crippen LogP contribution in [0.5, 0.6) is 0 Å². The standard InChI is InChI=1S/C16H12Cl2N4O2/c17-13-7-3-1-5-11(13)9-19-21-15(23)16(24)22-20-10-12-6-2-4-8-14(12)18/h1-10H,(H,21,23)(H,22,24). The minimum atomic E-state index is -0.963. The lowest BCUT2D eigenvalue weighted by molar-refractivity contribution is -0.139. The molecule has 0 aromatic heterocycles. The fraction of sp³-hybridized carbons (Fsp3) is 0. The van der Waals surface area contributed by atoms with Crippen LogP contribution in [0.15, 0.2) is 58.7 Å². The highest BCUT2D eigenvalue weighted by atomic mass is 35.5. The van der Waals surface area contributed by atoms with Gasteiger partial charge in [0.05, 0.1) is 12.4 Å². The maximum atomic E-state index is 11.6. The second-order valence-corrected chi connectivity index (χ2v) is 5.26. The second kappa shape index (κ2) is 8.81. The zero-order valence-corrected chi connectivity index (χ0v) is 13.8. The Bertz CT molecular complexity index is 739. The lowest BCUT2D eigenvalue weighted by Gasteiger charge is -1.99. The van der Waals surface area contributed by atoms with Crippen LogP contribution >= 0.6 is 23.2 Å². The molecule has 0 saturated carbocycles. The van der Waals surface area contributed by atoms with Crippen LogP contribution in [-0.4, -0.2) is 24.2 Å². The summed E-state index contributed by atoms with van der Waals surface area (Å²) in [5, 5.41) is 8.27. The first kappa shape index (κ1) is 17.7. The molecule has 0 atom stereocenters. The van der Waals surface area contributed by atoms with Crippen molar-refractivity contribution in [2.24, 2.45) is 10.2 Å². The van der Waals surface area contributed by atoms with Gasteiger partial charge >= 0.3 is 11.8 Å². The van der Waals surface area contributed by atoms with Gasteiger partial charge in [-0.15, -0.1) is 0 Å². The van der Waals surface area contributed by atoms with E-state index in [9.17, 15) is 9.59 Å². The van der Waals surface area contributed by atoms with Crippen molar-refractivity contribution in [2.45, 2.75) is 0 Å². The highest BCUT2D eigenvalue weighted by molar-refractivity contribution is 6.35. The number of carbonyl (C=O) groups is 2. The van der Waals surface area contributed by atoms with E-state index >= 15 is 0 Å². The third kappa shape index (κ3) is 5.19. The van der Waals surface area contributed by atoms with E-state index in [2.05, 4.69) is 21.1 Å². The molecule has 0 bridgehead atoms. The molecular formula is C16H12Cl2N4O2. The maximum Gasteiger partial charge on any atom is 0.331 e. The van der Waals surface area contributed by atoms with Crippen molar-refractivity contribution >= 4 is 47.4 Å². The number of amides is 2. The molecule has 2 aromatic carbocycles. The Hall–Kier alpha value is -2.70. The maximum absolute atomic E-state index is 11.6. The largest absolute Gasteiger partial charge is 0.331 e. The predicted octanol–water partition coefficient (Wildman–Crippen LogP) is 2.59. The first-order valence-electron chi connectivity index (χ1n) is 6.73. The van der Waals surface area contributed by atoms with Crippen LogP contribution in [0, 0.1) is 0 Å². The summed E-state index contributed by atoms with van der Waals surface area (Å²) in [6.45, 7) is 0. The van der Waals surface area contributed by atoms with Crippen LogP contribution in [0.2, 0.25) is 10.0 Å². The zero-order valence-electron chi connectivity index (χ0n) is 12.2. The molecule has 0 aliphatic carbocycles. The Labute approximate surface area is 148 Å². The van der Waals surface area contributed by atoms with Gasteiger partial charge in [-0.3, -0.25) is 9.59 Å². The SMILES string of the molecule is O=C(NN=Cc1ccccc1Cl)C(=O)NN=Cc1ccccc1Cl. The first-order valence-corrected chi connectivity index (χ1v) is 7.49. The molecule has 0 spiro atoms. The predicted molar refractivity (Wildman–Crippen MR) is 94.4 cm³/mol. The van der Waals surface area contributed by atoms with Gasteiger partial charge in [-0.25, -0.2) is 10.9 Å². The molecule has 24 heavy (non-hydrogen) atoms. The minimum Gasteiger partial charge on any atom is -0.262 e. The molecule has 0 radical (unpaired) electrons. The van der Waals surface area contributed by atoms with Crippen LogP contribution in [0.25, 0.3) is 0 Å². The number of halogens is 2. The molecule has 0 fully saturated rings. The summed E-state index contributed by atoms with van der Waals surface area (Å²) in [5.41, 5.74) is 5.37. The smallest absolute Gasteiger partial charge is 0.262 e. The monoisotopic (exact) mass is 362 g/mol. The number of hydrazone groups is 2. The molecule has 0 saturated heterocycles. The van der Waals surface area contributed by atoms with Crippen molar-refractivity contribution in [3.63, 3.8) is 0 Å². The summed E-state index contributed by atoms with van der Waals surface area (Å²) in [6.07, 6.45) is 2.67. The number of nitrogens with zero attached hydrogens (tertiary/aromatic N) is 2. The fourth-order valence-electron chi connectivity index (χ4n) is 1.58. The third-order valence-corrected chi connectivity index (χ3v) is 3.44. The normalized spacial score (nSPS) is 10.9. The van der Waals surface area contributed by atoms with E-state index in [1.165, 1.54) is 12.4 Å². The summed E-state index contributed by atoms with van der Waals surface area (Å²) >= 11 is 11.9. The average molecular weight is 363 g/mol. The molecule has 122 valence electrons. The lowest BCUT2D eigenvalue weighted by atomic mass is 10.2. The minimum absolute atomic E-state index is 0.476. The first-order chi connectivity index (χ1) is 11.6. The zero-order chi connectivity index (χ0) is 17.4. The molecule has 8 heteroatoms. The van der Waals surface area contributed by atoms with Gasteiger partial charge in [-0.1, -0.05) is 59.6 Å². The summed E-state index contributed by atoms with van der Waals surface area (Å²) < 4.78 is 0. The molecular weight excluding hydrogens is 351 g/mol. The van der Waals surface area contributed by atoms with Gasteiger partial charge < -0.3 is 0 Å². The summed E-state index contributed by atoms with van der Waals surface area (Å²) in [7, 11) is 0. The highest BCUT2D eigenvalue weighted by Gasteiger charge is 2.11. The van der Waals surface area contributed by atoms with Crippen molar-refractivity contribution in [1.82, 2.24) is 10.9 Å². The van der Waals surface area contributed by atoms with Crippen molar-refractivity contribution in [2.75, 3.05) is 0 Å². The Morgan fingerprint density at radius 1 is 0.750 bits per heavy atom. The average Bonchev–Trinajstić information content (AvgIpc) is 2.58. The van der Waals surface area contributed by atoms with Crippen LogP contribution < -0.4 is 10.9 Å². The topological polar surface area (TPSA) is 82.9 Å². The van der Waals surface area contributed by atoms with Gasteiger partial charge in [0.15, 0.2) is 0 Å². The Balaban J connectivity index is 1.85. The van der Waals surface area contributed by atoms with Crippen molar-refractivity contribution in [1.29, 1.82) is 0 Å². The molecule has 0 heterocycles. The van der Waals surface area contributed by atoms with E-state index in [1.54, 1.807) is 48.5 Å². The number of carbonyl (C=O) groups excluding carboxylic acids is 2. The number of nitrogens with one attached hydrogen (secondary N) is 2. The Kier molecular flexibility index (Phi) is 6.48. The second-order valence-electron chi connectivity index (χ2n) is 4.44. The molecule has 2 N–H and O–H groups in total. The van der Waals surface area contributed by atoms with Gasteiger partial charge in [-0.2, -0.15) is 10.2 Å². The van der Waals surface area contributed by atoms with Crippen molar-refractivity contribution in [3.05, 3.63) is 69.7 Å². The van der Waals surface area contributed by atoms with E-state index in [4.69, 9.17) is 23.2 Å². The van der Waals surface area contributed by atoms with Gasteiger partial charge in [0.25, 0.3) is 0 Å². The highest BCUT2D eigenvalue weighted by Crippen LogP contribution is 2.12. The van der Waals surface area contributed by atoms with E-state index in [-0.39, 0.29) is 0 Å². The number of rotatable bonds is 4. The summed E-state index contributed by atoms with van der Waals surface area (Å²) in [6, 6.07) is 13.9. The summed E-state index contributed by atoms with van der Waals surface area (Å²) in [5.74, 6) is -1.93. The molecule has 2 aromatic rings. The van der Waals surface area contributed by atoms with E-state index < -0.39 is 11.8 Å². The number of hydrogen-bond acceptors (Lipinski definition) is 4. The molecule has 0 aliphatic rings. The fourth-order valence-corrected chi connectivity index (χ4v) is 1.95. The van der Waals surface area contributed by atoms with Crippen molar-refractivity contribution in [3.8, 4) is 0 Å². The van der Waals surface area contributed by atoms with Gasteiger partial charge in [0, 0.05) is 21.2 Å². The molecule has 0 unspecified atom stereocenters. The number of benzene rings is 2. The van der Waals surface area contributed by atoms with E-state index in [1.807, 2.05) is 0 Å². The molecule has 6 nitrogen and oxygen atoms in total. The van der Waals surface area contributed by atoms with Gasteiger partial charge in [0.1, 0.15) is 0 Å². The van der Waals surface area contributed by atoms with Crippen molar-refractivity contribution < 1.29 is 9.59 Å².